The van der Waals surface area contributed by atoms with E-state index in [9.17, 15) is 0 Å². The van der Waals surface area contributed by atoms with E-state index in [1.807, 2.05) is 42.5 Å². The van der Waals surface area contributed by atoms with Crippen LogP contribution in [0.25, 0.3) is 22.4 Å². The van der Waals surface area contributed by atoms with Crippen molar-refractivity contribution in [1.82, 2.24) is 9.97 Å². The molecular formula is C24H24N2O4. The lowest BCUT2D eigenvalue weighted by atomic mass is 10.1. The topological polar surface area (TPSA) is 65.6 Å². The molecule has 3 aromatic carbocycles. The van der Waals surface area contributed by atoms with Crippen LogP contribution < -0.4 is 18.9 Å². The second kappa shape index (κ2) is 8.37. The summed E-state index contributed by atoms with van der Waals surface area (Å²) in [5, 5.41) is 0. The molecule has 4 aromatic rings. The normalized spacial score (nSPS) is 10.8. The van der Waals surface area contributed by atoms with Crippen molar-refractivity contribution in [2.45, 2.75) is 13.5 Å². The van der Waals surface area contributed by atoms with E-state index in [1.165, 1.54) is 5.56 Å². The van der Waals surface area contributed by atoms with Crippen LogP contribution in [0.15, 0.2) is 54.6 Å². The number of nitrogens with one attached hydrogen (secondary N) is 1. The van der Waals surface area contributed by atoms with E-state index in [2.05, 4.69) is 24.0 Å². The molecule has 1 aromatic heterocycles. The minimum atomic E-state index is 0.428. The molecule has 0 aliphatic rings. The molecule has 0 unspecified atom stereocenters. The van der Waals surface area contributed by atoms with Crippen molar-refractivity contribution in [3.63, 3.8) is 0 Å². The molecule has 0 aliphatic heterocycles. The summed E-state index contributed by atoms with van der Waals surface area (Å²) in [6.45, 7) is 2.49. The standard InChI is InChI=1S/C24H24N2O4/c1-15-7-5-8-16(11-15)14-30-23-17(9-6-10-20(23)27-2)24-25-18-12-21(28-3)22(29-4)13-19(18)26-24/h5-13H,14H2,1-4H3,(H,25,26). The number of aromatic nitrogens is 2. The number of fused-ring (bicyclic) bond motifs is 1. The summed E-state index contributed by atoms with van der Waals surface area (Å²) in [6.07, 6.45) is 0. The van der Waals surface area contributed by atoms with E-state index < -0.39 is 0 Å². The number of aromatic amines is 1. The summed E-state index contributed by atoms with van der Waals surface area (Å²) in [5.74, 6) is 3.24. The maximum absolute atomic E-state index is 6.21. The average Bonchev–Trinajstić information content (AvgIpc) is 3.19. The zero-order chi connectivity index (χ0) is 21.1. The number of imidazole rings is 1. The average molecular weight is 404 g/mol. The highest BCUT2D eigenvalue weighted by Crippen LogP contribution is 2.39. The Labute approximate surface area is 175 Å². The van der Waals surface area contributed by atoms with Crippen LogP contribution >= 0.6 is 0 Å². The first-order chi connectivity index (χ1) is 14.6. The van der Waals surface area contributed by atoms with Gasteiger partial charge in [0.05, 0.1) is 37.9 Å². The first-order valence-electron chi connectivity index (χ1n) is 9.60. The van der Waals surface area contributed by atoms with Crippen molar-refractivity contribution in [1.29, 1.82) is 0 Å². The number of H-pyrrole nitrogens is 1. The first-order valence-corrected chi connectivity index (χ1v) is 9.60. The number of methoxy groups -OCH3 is 3. The van der Waals surface area contributed by atoms with Crippen LogP contribution in [-0.2, 0) is 6.61 Å². The van der Waals surface area contributed by atoms with Gasteiger partial charge in [0.2, 0.25) is 0 Å². The molecule has 6 nitrogen and oxygen atoms in total. The lowest BCUT2D eigenvalue weighted by molar-refractivity contribution is 0.285. The fourth-order valence-corrected chi connectivity index (χ4v) is 3.43. The lowest BCUT2D eigenvalue weighted by Crippen LogP contribution is -2.00. The summed E-state index contributed by atoms with van der Waals surface area (Å²) >= 11 is 0. The number of para-hydroxylation sites is 1. The Kier molecular flexibility index (Phi) is 5.48. The van der Waals surface area contributed by atoms with Gasteiger partial charge in [0.1, 0.15) is 12.4 Å². The van der Waals surface area contributed by atoms with Crippen LogP contribution in [-0.4, -0.2) is 31.3 Å². The first kappa shape index (κ1) is 19.6. The molecule has 0 saturated heterocycles. The van der Waals surface area contributed by atoms with Gasteiger partial charge in [-0.05, 0) is 24.6 Å². The molecule has 0 saturated carbocycles. The molecule has 0 aliphatic carbocycles. The Morgan fingerprint density at radius 2 is 1.57 bits per heavy atom. The van der Waals surface area contributed by atoms with Crippen molar-refractivity contribution in [3.8, 4) is 34.4 Å². The summed E-state index contributed by atoms with van der Waals surface area (Å²) in [5.41, 5.74) is 4.71. The van der Waals surface area contributed by atoms with Gasteiger partial charge < -0.3 is 23.9 Å². The molecule has 0 radical (unpaired) electrons. The Hall–Kier alpha value is -3.67. The van der Waals surface area contributed by atoms with Crippen molar-refractivity contribution in [2.75, 3.05) is 21.3 Å². The third kappa shape index (κ3) is 3.76. The molecular weight excluding hydrogens is 380 g/mol. The molecule has 1 N–H and O–H groups in total. The lowest BCUT2D eigenvalue weighted by Gasteiger charge is -2.14. The number of nitrogens with zero attached hydrogens (tertiary/aromatic N) is 1. The van der Waals surface area contributed by atoms with Gasteiger partial charge in [-0.3, -0.25) is 0 Å². The van der Waals surface area contributed by atoms with Crippen LogP contribution in [0.3, 0.4) is 0 Å². The highest BCUT2D eigenvalue weighted by atomic mass is 16.5. The third-order valence-electron chi connectivity index (χ3n) is 4.91. The predicted molar refractivity (Wildman–Crippen MR) is 117 cm³/mol. The number of hydrogen-bond donors (Lipinski definition) is 1. The van der Waals surface area contributed by atoms with Gasteiger partial charge in [-0.2, -0.15) is 0 Å². The summed E-state index contributed by atoms with van der Waals surface area (Å²) in [4.78, 5) is 8.10. The molecule has 154 valence electrons. The number of rotatable bonds is 7. The van der Waals surface area contributed by atoms with E-state index in [1.54, 1.807) is 21.3 Å². The van der Waals surface area contributed by atoms with Gasteiger partial charge in [-0.15, -0.1) is 0 Å². The Morgan fingerprint density at radius 3 is 2.30 bits per heavy atom. The maximum atomic E-state index is 6.21. The number of aryl methyl sites for hydroxylation is 1. The monoisotopic (exact) mass is 404 g/mol. The molecule has 30 heavy (non-hydrogen) atoms. The zero-order valence-electron chi connectivity index (χ0n) is 17.5. The van der Waals surface area contributed by atoms with Crippen molar-refractivity contribution in [3.05, 3.63) is 65.7 Å². The number of benzene rings is 3. The van der Waals surface area contributed by atoms with E-state index >= 15 is 0 Å². The van der Waals surface area contributed by atoms with Crippen molar-refractivity contribution in [2.24, 2.45) is 0 Å². The van der Waals surface area contributed by atoms with Crippen LogP contribution in [0.2, 0.25) is 0 Å². The van der Waals surface area contributed by atoms with Gasteiger partial charge in [-0.1, -0.05) is 35.9 Å². The minimum Gasteiger partial charge on any atom is -0.493 e. The quantitative estimate of drug-likeness (QED) is 0.462. The highest BCUT2D eigenvalue weighted by molar-refractivity contribution is 5.84. The van der Waals surface area contributed by atoms with Gasteiger partial charge in [0.15, 0.2) is 23.0 Å². The molecule has 0 amide bonds. The fourth-order valence-electron chi connectivity index (χ4n) is 3.43. The fraction of sp³-hybridized carbons (Fsp3) is 0.208. The van der Waals surface area contributed by atoms with E-state index in [-0.39, 0.29) is 0 Å². The summed E-state index contributed by atoms with van der Waals surface area (Å²) < 4.78 is 22.6. The minimum absolute atomic E-state index is 0.428. The number of hydrogen-bond acceptors (Lipinski definition) is 5. The number of ether oxygens (including phenoxy) is 4. The largest absolute Gasteiger partial charge is 0.493 e. The molecule has 0 fully saturated rings. The van der Waals surface area contributed by atoms with Gasteiger partial charge in [0, 0.05) is 12.1 Å². The molecule has 4 rings (SSSR count). The van der Waals surface area contributed by atoms with Crippen LogP contribution in [0.1, 0.15) is 11.1 Å². The van der Waals surface area contributed by atoms with E-state index in [0.717, 1.165) is 22.2 Å². The second-order valence-electron chi connectivity index (χ2n) is 6.92. The predicted octanol–water partition coefficient (Wildman–Crippen LogP) is 5.14. The smallest absolute Gasteiger partial charge is 0.172 e. The van der Waals surface area contributed by atoms with Crippen molar-refractivity contribution >= 4 is 11.0 Å². The third-order valence-corrected chi connectivity index (χ3v) is 4.91. The van der Waals surface area contributed by atoms with Gasteiger partial charge in [-0.25, -0.2) is 4.98 Å². The second-order valence-corrected chi connectivity index (χ2v) is 6.92. The summed E-state index contributed by atoms with van der Waals surface area (Å²) in [7, 11) is 4.85. The maximum Gasteiger partial charge on any atom is 0.172 e. The molecule has 0 bridgehead atoms. The van der Waals surface area contributed by atoms with Crippen LogP contribution in [0.5, 0.6) is 23.0 Å². The van der Waals surface area contributed by atoms with Gasteiger partial charge in [0.25, 0.3) is 0 Å². The van der Waals surface area contributed by atoms with E-state index in [4.69, 9.17) is 23.9 Å². The zero-order valence-corrected chi connectivity index (χ0v) is 17.5. The van der Waals surface area contributed by atoms with Crippen LogP contribution in [0, 0.1) is 6.92 Å². The molecule has 0 spiro atoms. The molecule has 0 atom stereocenters. The Morgan fingerprint density at radius 1 is 0.833 bits per heavy atom. The van der Waals surface area contributed by atoms with Crippen molar-refractivity contribution < 1.29 is 18.9 Å². The Balaban J connectivity index is 1.75. The Bertz CT molecular complexity index is 1140. The molecule has 1 heterocycles. The molecule has 6 heteroatoms. The van der Waals surface area contributed by atoms with Crippen LogP contribution in [0.4, 0.5) is 0 Å². The van der Waals surface area contributed by atoms with E-state index in [0.29, 0.717) is 35.4 Å². The van der Waals surface area contributed by atoms with Gasteiger partial charge >= 0.3 is 0 Å². The SMILES string of the molecule is COc1cc2nc(-c3cccc(OC)c3OCc3cccc(C)c3)[nH]c2cc1OC. The highest BCUT2D eigenvalue weighted by Gasteiger charge is 2.17. The summed E-state index contributed by atoms with van der Waals surface area (Å²) in [6, 6.07) is 17.7.